The molecule has 0 bridgehead atoms. The Labute approximate surface area is 160 Å². The Morgan fingerprint density at radius 2 is 1.81 bits per heavy atom. The van der Waals surface area contributed by atoms with Crippen LogP contribution in [0.4, 0.5) is 0 Å². The van der Waals surface area contributed by atoms with Gasteiger partial charge in [0.15, 0.2) is 0 Å². The summed E-state index contributed by atoms with van der Waals surface area (Å²) in [4.78, 5) is 25.5. The van der Waals surface area contributed by atoms with E-state index >= 15 is 0 Å². The van der Waals surface area contributed by atoms with Crippen LogP contribution in [0, 0.1) is 0 Å². The average molecular weight is 366 g/mol. The molecule has 0 saturated carbocycles. The molecule has 0 aliphatic carbocycles. The van der Waals surface area contributed by atoms with E-state index in [4.69, 9.17) is 10.5 Å². The lowest BCUT2D eigenvalue weighted by Gasteiger charge is -2.20. The van der Waals surface area contributed by atoms with Crippen LogP contribution >= 0.6 is 0 Å². The number of rotatable bonds is 7. The van der Waals surface area contributed by atoms with Gasteiger partial charge < -0.3 is 15.4 Å². The highest BCUT2D eigenvalue weighted by Crippen LogP contribution is 2.25. The van der Waals surface area contributed by atoms with Crippen molar-refractivity contribution in [3.8, 4) is 5.75 Å². The molecule has 1 aliphatic heterocycles. The zero-order valence-corrected chi connectivity index (χ0v) is 15.5. The van der Waals surface area contributed by atoms with Gasteiger partial charge in [0.2, 0.25) is 11.8 Å². The average Bonchev–Trinajstić information content (AvgIpc) is 2.89. The molecule has 1 aliphatic rings. The highest BCUT2D eigenvalue weighted by atomic mass is 16.5. The molecule has 3 rings (SSSR count). The van der Waals surface area contributed by atoms with Crippen molar-refractivity contribution in [1.82, 2.24) is 4.90 Å². The maximum atomic E-state index is 12.7. The van der Waals surface area contributed by atoms with Crippen LogP contribution in [-0.2, 0) is 29.0 Å². The van der Waals surface area contributed by atoms with Gasteiger partial charge >= 0.3 is 0 Å². The monoisotopic (exact) mass is 366 g/mol. The molecule has 0 aromatic heterocycles. The third kappa shape index (κ3) is 5.58. The van der Waals surface area contributed by atoms with Crippen molar-refractivity contribution >= 4 is 11.8 Å². The SMILES string of the molecule is NC(=O)CCc1ccc2c(c1)CN(C(=O)CCCc1ccccc1)CCO2. The van der Waals surface area contributed by atoms with E-state index in [2.05, 4.69) is 12.1 Å². The van der Waals surface area contributed by atoms with Gasteiger partial charge in [0, 0.05) is 24.9 Å². The number of benzene rings is 2. The molecule has 0 spiro atoms. The molecule has 5 nitrogen and oxygen atoms in total. The zero-order chi connectivity index (χ0) is 19.1. The fourth-order valence-electron chi connectivity index (χ4n) is 3.33. The van der Waals surface area contributed by atoms with Crippen molar-refractivity contribution in [3.05, 3.63) is 65.2 Å². The Kier molecular flexibility index (Phi) is 6.47. The molecule has 0 fully saturated rings. The van der Waals surface area contributed by atoms with Gasteiger partial charge in [0.25, 0.3) is 0 Å². The van der Waals surface area contributed by atoms with E-state index in [1.165, 1.54) is 5.56 Å². The van der Waals surface area contributed by atoms with Crippen LogP contribution in [0.5, 0.6) is 5.75 Å². The maximum Gasteiger partial charge on any atom is 0.222 e. The quantitative estimate of drug-likeness (QED) is 0.819. The molecule has 2 amide bonds. The molecular weight excluding hydrogens is 340 g/mol. The minimum Gasteiger partial charge on any atom is -0.491 e. The lowest BCUT2D eigenvalue weighted by Crippen LogP contribution is -2.32. The van der Waals surface area contributed by atoms with Crippen LogP contribution in [0.15, 0.2) is 48.5 Å². The van der Waals surface area contributed by atoms with E-state index in [9.17, 15) is 9.59 Å². The van der Waals surface area contributed by atoms with Crippen LogP contribution < -0.4 is 10.5 Å². The molecule has 2 aromatic rings. The Morgan fingerprint density at radius 1 is 1.00 bits per heavy atom. The van der Waals surface area contributed by atoms with E-state index in [1.54, 1.807) is 0 Å². The first-order valence-corrected chi connectivity index (χ1v) is 9.46. The van der Waals surface area contributed by atoms with E-state index in [0.29, 0.717) is 39.0 Å². The maximum absolute atomic E-state index is 12.7. The molecule has 0 unspecified atom stereocenters. The summed E-state index contributed by atoms with van der Waals surface area (Å²) in [6.07, 6.45) is 3.21. The number of primary amides is 1. The standard InChI is InChI=1S/C22H26N2O3/c23-21(25)12-10-18-9-11-20-19(15-18)16-24(13-14-27-20)22(26)8-4-7-17-5-2-1-3-6-17/h1-3,5-6,9,11,15H,4,7-8,10,12-14,16H2,(H2,23,25). The minimum atomic E-state index is -0.309. The highest BCUT2D eigenvalue weighted by molar-refractivity contribution is 5.76. The van der Waals surface area contributed by atoms with E-state index in [-0.39, 0.29) is 11.8 Å². The van der Waals surface area contributed by atoms with Crippen LogP contribution in [0.2, 0.25) is 0 Å². The largest absolute Gasteiger partial charge is 0.491 e. The van der Waals surface area contributed by atoms with E-state index in [1.807, 2.05) is 41.3 Å². The smallest absolute Gasteiger partial charge is 0.222 e. The van der Waals surface area contributed by atoms with Crippen LogP contribution in [0.1, 0.15) is 36.0 Å². The summed E-state index contributed by atoms with van der Waals surface area (Å²) in [5.41, 5.74) is 8.52. The van der Waals surface area contributed by atoms with Gasteiger partial charge in [-0.1, -0.05) is 42.5 Å². The lowest BCUT2D eigenvalue weighted by molar-refractivity contribution is -0.132. The molecule has 5 heteroatoms. The van der Waals surface area contributed by atoms with Crippen molar-refractivity contribution in [3.63, 3.8) is 0 Å². The van der Waals surface area contributed by atoms with Gasteiger partial charge in [-0.15, -0.1) is 0 Å². The van der Waals surface area contributed by atoms with E-state index < -0.39 is 0 Å². The number of fused-ring (bicyclic) bond motifs is 1. The van der Waals surface area contributed by atoms with Gasteiger partial charge in [-0.3, -0.25) is 9.59 Å². The summed E-state index contributed by atoms with van der Waals surface area (Å²) in [5.74, 6) is 0.666. The predicted octanol–water partition coefficient (Wildman–Crippen LogP) is 2.85. The topological polar surface area (TPSA) is 72.6 Å². The Morgan fingerprint density at radius 3 is 2.59 bits per heavy atom. The van der Waals surface area contributed by atoms with Crippen molar-refractivity contribution in [2.75, 3.05) is 13.2 Å². The molecule has 0 saturated heterocycles. The minimum absolute atomic E-state index is 0.157. The normalized spacial score (nSPS) is 13.4. The molecular formula is C22H26N2O3. The summed E-state index contributed by atoms with van der Waals surface area (Å²) >= 11 is 0. The van der Waals surface area contributed by atoms with Gasteiger partial charge in [-0.2, -0.15) is 0 Å². The molecule has 0 radical (unpaired) electrons. The summed E-state index contributed by atoms with van der Waals surface area (Å²) < 4.78 is 5.80. The summed E-state index contributed by atoms with van der Waals surface area (Å²) in [6.45, 7) is 1.64. The van der Waals surface area contributed by atoms with Crippen LogP contribution in [0.3, 0.4) is 0 Å². The van der Waals surface area contributed by atoms with Crippen LogP contribution in [-0.4, -0.2) is 29.9 Å². The van der Waals surface area contributed by atoms with Gasteiger partial charge in [-0.25, -0.2) is 0 Å². The second kappa shape index (κ2) is 9.21. The number of ether oxygens (including phenoxy) is 1. The third-order valence-corrected chi connectivity index (χ3v) is 4.82. The third-order valence-electron chi connectivity index (χ3n) is 4.82. The number of nitrogens with two attached hydrogens (primary N) is 1. The predicted molar refractivity (Wildman–Crippen MR) is 104 cm³/mol. The zero-order valence-electron chi connectivity index (χ0n) is 15.5. The van der Waals surface area contributed by atoms with E-state index in [0.717, 1.165) is 29.7 Å². The number of nitrogens with zero attached hydrogens (tertiary/aromatic N) is 1. The number of hydrogen-bond acceptors (Lipinski definition) is 3. The van der Waals surface area contributed by atoms with Crippen LogP contribution in [0.25, 0.3) is 0 Å². The van der Waals surface area contributed by atoms with Gasteiger partial charge in [-0.05, 0) is 36.5 Å². The summed E-state index contributed by atoms with van der Waals surface area (Å²) in [7, 11) is 0. The van der Waals surface area contributed by atoms with Gasteiger partial charge in [0.1, 0.15) is 12.4 Å². The van der Waals surface area contributed by atoms with Crippen molar-refractivity contribution in [1.29, 1.82) is 0 Å². The Bertz CT molecular complexity index is 789. The summed E-state index contributed by atoms with van der Waals surface area (Å²) in [5, 5.41) is 0. The first-order valence-electron chi connectivity index (χ1n) is 9.46. The van der Waals surface area contributed by atoms with Crippen molar-refractivity contribution < 1.29 is 14.3 Å². The number of aryl methyl sites for hydroxylation is 2. The number of carbonyl (C=O) groups excluding carboxylic acids is 2. The first kappa shape index (κ1) is 19.0. The fourth-order valence-corrected chi connectivity index (χ4v) is 3.33. The molecule has 0 atom stereocenters. The molecule has 27 heavy (non-hydrogen) atoms. The molecule has 1 heterocycles. The Balaban J connectivity index is 1.58. The fraction of sp³-hybridized carbons (Fsp3) is 0.364. The second-order valence-electron chi connectivity index (χ2n) is 6.91. The van der Waals surface area contributed by atoms with Crippen molar-refractivity contribution in [2.45, 2.75) is 38.6 Å². The summed E-state index contributed by atoms with van der Waals surface area (Å²) in [6, 6.07) is 16.1. The number of hydrogen-bond donors (Lipinski definition) is 1. The highest BCUT2D eigenvalue weighted by Gasteiger charge is 2.20. The first-order chi connectivity index (χ1) is 13.1. The molecule has 142 valence electrons. The Hall–Kier alpha value is -2.82. The molecule has 2 aromatic carbocycles. The second-order valence-corrected chi connectivity index (χ2v) is 6.91. The number of carbonyl (C=O) groups is 2. The van der Waals surface area contributed by atoms with Gasteiger partial charge in [0.05, 0.1) is 6.54 Å². The molecule has 2 N–H and O–H groups in total. The van der Waals surface area contributed by atoms with Crippen molar-refractivity contribution in [2.24, 2.45) is 5.73 Å². The number of amides is 2. The lowest BCUT2D eigenvalue weighted by atomic mass is 10.0.